The first kappa shape index (κ1) is 18.6. The molecule has 0 aromatic heterocycles. The molecule has 1 aromatic carbocycles. The van der Waals surface area contributed by atoms with Crippen LogP contribution in [0.15, 0.2) is 11.8 Å². The molecule has 1 aliphatic heterocycles. The summed E-state index contributed by atoms with van der Waals surface area (Å²) in [5.74, 6) is -1.56. The van der Waals surface area contributed by atoms with E-state index in [4.69, 9.17) is 9.47 Å². The summed E-state index contributed by atoms with van der Waals surface area (Å²) in [6.45, 7) is 2.48. The van der Waals surface area contributed by atoms with Crippen molar-refractivity contribution < 1.29 is 24.2 Å². The highest BCUT2D eigenvalue weighted by atomic mass is 16.5. The van der Waals surface area contributed by atoms with Crippen LogP contribution in [0.5, 0.6) is 5.75 Å². The van der Waals surface area contributed by atoms with Gasteiger partial charge in [-0.15, -0.1) is 0 Å². The first-order chi connectivity index (χ1) is 12.6. The molecule has 0 spiro atoms. The molecule has 140 valence electrons. The van der Waals surface area contributed by atoms with Gasteiger partial charge in [0, 0.05) is 5.56 Å². The van der Waals surface area contributed by atoms with Crippen molar-refractivity contribution in [2.75, 3.05) is 7.11 Å². The standard InChI is InChI=1S/C21H26O5/c1-3-4-5-6-7-8-15-10-13-9-14-11-17(25-2)20(23)21(24)18(14)19(22)16(13)12-26-15/h9,11,15,22H,3-8,10,12H2,1-2H3/t15-/m0/s1. The van der Waals surface area contributed by atoms with Crippen molar-refractivity contribution in [1.29, 1.82) is 0 Å². The van der Waals surface area contributed by atoms with Gasteiger partial charge in [0.05, 0.1) is 25.4 Å². The highest BCUT2D eigenvalue weighted by Gasteiger charge is 2.34. The Morgan fingerprint density at radius 1 is 1.19 bits per heavy atom. The zero-order valence-electron chi connectivity index (χ0n) is 15.5. The number of aromatic hydroxyl groups is 1. The quantitative estimate of drug-likeness (QED) is 0.590. The number of phenolic OH excluding ortho intramolecular Hbond substituents is 1. The number of Topliss-reactive ketones (excluding diaryl/α,β-unsaturated/α-hetero) is 2. The number of ether oxygens (including phenoxy) is 2. The molecule has 1 heterocycles. The molecule has 1 atom stereocenters. The van der Waals surface area contributed by atoms with Crippen LogP contribution in [0.25, 0.3) is 6.08 Å². The smallest absolute Gasteiger partial charge is 0.268 e. The SMILES string of the molecule is CCCCCCC[C@H]1Cc2cc3c(c(O)c2CO1)C(=O)C(=O)C(OC)=C3. The van der Waals surface area contributed by atoms with Crippen LogP contribution >= 0.6 is 0 Å². The lowest BCUT2D eigenvalue weighted by molar-refractivity contribution is -0.114. The summed E-state index contributed by atoms with van der Waals surface area (Å²) in [6, 6.07) is 1.89. The molecule has 0 saturated carbocycles. The maximum absolute atomic E-state index is 12.3. The van der Waals surface area contributed by atoms with Gasteiger partial charge in [0.15, 0.2) is 5.76 Å². The van der Waals surface area contributed by atoms with E-state index in [0.717, 1.165) is 18.4 Å². The predicted octanol–water partition coefficient (Wildman–Crippen LogP) is 3.95. The molecule has 0 saturated heterocycles. The maximum Gasteiger partial charge on any atom is 0.268 e. The fourth-order valence-electron chi connectivity index (χ4n) is 3.73. The van der Waals surface area contributed by atoms with Crippen molar-refractivity contribution in [3.05, 3.63) is 34.1 Å². The number of methoxy groups -OCH3 is 1. The largest absolute Gasteiger partial charge is 0.507 e. The number of hydrogen-bond donors (Lipinski definition) is 1. The fraction of sp³-hybridized carbons (Fsp3) is 0.524. The highest BCUT2D eigenvalue weighted by molar-refractivity contribution is 6.51. The molecule has 1 aliphatic carbocycles. The van der Waals surface area contributed by atoms with Crippen molar-refractivity contribution in [2.24, 2.45) is 0 Å². The molecule has 0 fully saturated rings. The van der Waals surface area contributed by atoms with Crippen LogP contribution in [0.2, 0.25) is 0 Å². The van der Waals surface area contributed by atoms with E-state index in [1.807, 2.05) is 6.07 Å². The van der Waals surface area contributed by atoms with Gasteiger partial charge < -0.3 is 14.6 Å². The summed E-state index contributed by atoms with van der Waals surface area (Å²) in [5.41, 5.74) is 2.23. The molecule has 5 heteroatoms. The fourth-order valence-corrected chi connectivity index (χ4v) is 3.73. The molecule has 26 heavy (non-hydrogen) atoms. The monoisotopic (exact) mass is 358 g/mol. The lowest BCUT2D eigenvalue weighted by atomic mass is 9.86. The Kier molecular flexibility index (Phi) is 5.77. The Hall–Kier alpha value is -2.14. The van der Waals surface area contributed by atoms with Crippen molar-refractivity contribution in [2.45, 2.75) is 64.6 Å². The van der Waals surface area contributed by atoms with Crippen molar-refractivity contribution >= 4 is 17.6 Å². The summed E-state index contributed by atoms with van der Waals surface area (Å²) < 4.78 is 10.9. The summed E-state index contributed by atoms with van der Waals surface area (Å²) >= 11 is 0. The van der Waals surface area contributed by atoms with Crippen LogP contribution in [0.3, 0.4) is 0 Å². The molecule has 1 aromatic rings. The first-order valence-electron chi connectivity index (χ1n) is 9.40. The number of ketones is 2. The average molecular weight is 358 g/mol. The van der Waals surface area contributed by atoms with E-state index in [2.05, 4.69) is 6.92 Å². The van der Waals surface area contributed by atoms with Crippen molar-refractivity contribution in [1.82, 2.24) is 0 Å². The molecule has 0 unspecified atom stereocenters. The van der Waals surface area contributed by atoms with Gasteiger partial charge in [-0.1, -0.05) is 45.1 Å². The van der Waals surface area contributed by atoms with Crippen LogP contribution in [0.1, 0.15) is 72.5 Å². The minimum absolute atomic E-state index is 0.0152. The Balaban J connectivity index is 1.79. The van der Waals surface area contributed by atoms with E-state index in [1.54, 1.807) is 0 Å². The second kappa shape index (κ2) is 8.04. The summed E-state index contributed by atoms with van der Waals surface area (Å²) in [4.78, 5) is 24.3. The van der Waals surface area contributed by atoms with Gasteiger partial charge in [-0.25, -0.2) is 0 Å². The number of carbonyl (C=O) groups excluding carboxylic acids is 2. The lowest BCUT2D eigenvalue weighted by Crippen LogP contribution is -2.26. The first-order valence-corrected chi connectivity index (χ1v) is 9.40. The third-order valence-electron chi connectivity index (χ3n) is 5.23. The Morgan fingerprint density at radius 3 is 2.69 bits per heavy atom. The summed E-state index contributed by atoms with van der Waals surface area (Å²) in [7, 11) is 1.36. The van der Waals surface area contributed by atoms with Crippen molar-refractivity contribution in [3.8, 4) is 5.75 Å². The second-order valence-electron chi connectivity index (χ2n) is 7.04. The van der Waals surface area contributed by atoms with E-state index in [-0.39, 0.29) is 29.8 Å². The van der Waals surface area contributed by atoms with E-state index in [9.17, 15) is 14.7 Å². The van der Waals surface area contributed by atoms with E-state index >= 15 is 0 Å². The predicted molar refractivity (Wildman–Crippen MR) is 98.1 cm³/mol. The Bertz CT molecular complexity index is 747. The van der Waals surface area contributed by atoms with Gasteiger partial charge in [-0.2, -0.15) is 0 Å². The number of unbranched alkanes of at least 4 members (excludes halogenated alkanes) is 4. The molecule has 1 N–H and O–H groups in total. The molecule has 0 bridgehead atoms. The summed E-state index contributed by atoms with van der Waals surface area (Å²) in [6.07, 6.45) is 9.49. The molecule has 5 nitrogen and oxygen atoms in total. The third-order valence-corrected chi connectivity index (χ3v) is 5.23. The van der Waals surface area contributed by atoms with Crippen LogP contribution in [-0.4, -0.2) is 29.9 Å². The average Bonchev–Trinajstić information content (AvgIpc) is 2.64. The second-order valence-corrected chi connectivity index (χ2v) is 7.04. The van der Waals surface area contributed by atoms with Gasteiger partial charge in [0.2, 0.25) is 5.78 Å². The van der Waals surface area contributed by atoms with Crippen LogP contribution in [0, 0.1) is 0 Å². The zero-order valence-corrected chi connectivity index (χ0v) is 15.5. The van der Waals surface area contributed by atoms with Gasteiger partial charge in [0.1, 0.15) is 5.75 Å². The third kappa shape index (κ3) is 3.54. The number of benzene rings is 1. The number of allylic oxidation sites excluding steroid dienone is 1. The zero-order chi connectivity index (χ0) is 18.7. The molecular weight excluding hydrogens is 332 g/mol. The highest BCUT2D eigenvalue weighted by Crippen LogP contribution is 2.38. The van der Waals surface area contributed by atoms with E-state index < -0.39 is 11.6 Å². The number of carbonyl (C=O) groups is 2. The topological polar surface area (TPSA) is 72.8 Å². The molecule has 3 rings (SSSR count). The Labute approximate surface area is 154 Å². The maximum atomic E-state index is 12.3. The number of rotatable bonds is 7. The minimum Gasteiger partial charge on any atom is -0.507 e. The minimum atomic E-state index is -0.725. The molecule has 0 radical (unpaired) electrons. The molecule has 0 amide bonds. The van der Waals surface area contributed by atoms with Gasteiger partial charge in [-0.3, -0.25) is 9.59 Å². The molecular formula is C21H26O5. The van der Waals surface area contributed by atoms with E-state index in [0.29, 0.717) is 17.5 Å². The Morgan fingerprint density at radius 2 is 1.96 bits per heavy atom. The normalized spacial score (nSPS) is 19.0. The number of fused-ring (bicyclic) bond motifs is 2. The lowest BCUT2D eigenvalue weighted by Gasteiger charge is -2.28. The van der Waals surface area contributed by atoms with E-state index in [1.165, 1.54) is 38.9 Å². The van der Waals surface area contributed by atoms with Crippen LogP contribution in [-0.2, 0) is 27.3 Å². The number of hydrogen-bond acceptors (Lipinski definition) is 5. The van der Waals surface area contributed by atoms with Gasteiger partial charge in [-0.05, 0) is 30.0 Å². The van der Waals surface area contributed by atoms with Crippen LogP contribution in [0.4, 0.5) is 0 Å². The van der Waals surface area contributed by atoms with Gasteiger partial charge >= 0.3 is 0 Å². The van der Waals surface area contributed by atoms with Crippen molar-refractivity contribution in [3.63, 3.8) is 0 Å². The number of phenols is 1. The van der Waals surface area contributed by atoms with Gasteiger partial charge in [0.25, 0.3) is 5.78 Å². The summed E-state index contributed by atoms with van der Waals surface area (Å²) in [5, 5.41) is 10.6. The van der Waals surface area contributed by atoms with Crippen LogP contribution < -0.4 is 0 Å². The molecule has 2 aliphatic rings.